The zero-order valence-corrected chi connectivity index (χ0v) is 10.0. The monoisotopic (exact) mass is 217 g/mol. The fourth-order valence-electron chi connectivity index (χ4n) is 2.27. The Labute approximate surface area is 96.2 Å². The molecule has 2 aromatic rings. The number of nitrogens with zero attached hydrogens (tertiary/aromatic N) is 2. The van der Waals surface area contributed by atoms with Crippen LogP contribution in [0.1, 0.15) is 24.1 Å². The van der Waals surface area contributed by atoms with Crippen LogP contribution in [0.25, 0.3) is 10.9 Å². The zero-order valence-electron chi connectivity index (χ0n) is 10.0. The van der Waals surface area contributed by atoms with Crippen LogP contribution in [0, 0.1) is 6.92 Å². The van der Waals surface area contributed by atoms with Crippen molar-refractivity contribution in [2.75, 3.05) is 6.54 Å². The summed E-state index contributed by atoms with van der Waals surface area (Å²) in [6.07, 6.45) is 3.35. The number of benzene rings is 1. The van der Waals surface area contributed by atoms with E-state index in [1.165, 1.54) is 16.5 Å². The third-order valence-corrected chi connectivity index (χ3v) is 3.04. The summed E-state index contributed by atoms with van der Waals surface area (Å²) < 4.78 is 1.96. The van der Waals surface area contributed by atoms with Crippen LogP contribution < -0.4 is 5.73 Å². The Morgan fingerprint density at radius 1 is 1.31 bits per heavy atom. The Hall–Kier alpha value is -1.35. The molecule has 0 fully saturated rings. The maximum absolute atomic E-state index is 5.52. The summed E-state index contributed by atoms with van der Waals surface area (Å²) in [5.41, 5.74) is 9.27. The molecule has 0 bridgehead atoms. The molecule has 0 radical (unpaired) electrons. The molecule has 0 aliphatic rings. The zero-order chi connectivity index (χ0) is 11.5. The van der Waals surface area contributed by atoms with E-state index in [9.17, 15) is 0 Å². The molecule has 1 heterocycles. The summed E-state index contributed by atoms with van der Waals surface area (Å²) in [5, 5.41) is 5.79. The minimum atomic E-state index is 0.780. The summed E-state index contributed by atoms with van der Waals surface area (Å²) in [7, 11) is 2.00. The lowest BCUT2D eigenvalue weighted by Gasteiger charge is -2.03. The largest absolute Gasteiger partial charge is 0.330 e. The molecule has 3 heteroatoms. The molecule has 1 aromatic carbocycles. The van der Waals surface area contributed by atoms with E-state index in [0.717, 1.165) is 31.5 Å². The summed E-state index contributed by atoms with van der Waals surface area (Å²) in [6.45, 7) is 2.86. The lowest BCUT2D eigenvalue weighted by molar-refractivity contribution is 0.747. The van der Waals surface area contributed by atoms with E-state index in [-0.39, 0.29) is 0 Å². The first-order valence-electron chi connectivity index (χ1n) is 5.85. The average Bonchev–Trinajstić information content (AvgIpc) is 2.56. The highest BCUT2D eigenvalue weighted by molar-refractivity contribution is 5.85. The molecule has 0 amide bonds. The van der Waals surface area contributed by atoms with Crippen LogP contribution in [0.3, 0.4) is 0 Å². The van der Waals surface area contributed by atoms with E-state index in [4.69, 9.17) is 5.73 Å². The van der Waals surface area contributed by atoms with Gasteiger partial charge >= 0.3 is 0 Å². The van der Waals surface area contributed by atoms with E-state index in [0.29, 0.717) is 0 Å². The van der Waals surface area contributed by atoms with Crippen LogP contribution in [0.15, 0.2) is 18.2 Å². The van der Waals surface area contributed by atoms with Gasteiger partial charge < -0.3 is 5.73 Å². The van der Waals surface area contributed by atoms with Gasteiger partial charge in [0.1, 0.15) is 0 Å². The molecule has 3 nitrogen and oxygen atoms in total. The van der Waals surface area contributed by atoms with Crippen LogP contribution in [0.4, 0.5) is 0 Å². The summed E-state index contributed by atoms with van der Waals surface area (Å²) in [5.74, 6) is 0. The first-order chi connectivity index (χ1) is 7.74. The summed E-state index contributed by atoms with van der Waals surface area (Å²) in [6, 6.07) is 6.44. The van der Waals surface area contributed by atoms with Gasteiger partial charge in [-0.2, -0.15) is 5.10 Å². The maximum atomic E-state index is 5.52. The number of aromatic nitrogens is 2. The molecule has 2 rings (SSSR count). The fraction of sp³-hybridized carbons (Fsp3) is 0.462. The van der Waals surface area contributed by atoms with Gasteiger partial charge in [0.05, 0.1) is 11.2 Å². The highest BCUT2D eigenvalue weighted by Gasteiger charge is 2.08. The molecule has 16 heavy (non-hydrogen) atoms. The second-order valence-electron chi connectivity index (χ2n) is 4.27. The van der Waals surface area contributed by atoms with Crippen molar-refractivity contribution in [1.29, 1.82) is 0 Å². The predicted octanol–water partition coefficient (Wildman–Crippen LogP) is 2.16. The van der Waals surface area contributed by atoms with Gasteiger partial charge in [-0.3, -0.25) is 4.68 Å². The number of aryl methyl sites for hydroxylation is 3. The number of rotatable bonds is 4. The van der Waals surface area contributed by atoms with Crippen LogP contribution in [-0.2, 0) is 13.5 Å². The Bertz CT molecular complexity index is 485. The van der Waals surface area contributed by atoms with Gasteiger partial charge in [0.2, 0.25) is 0 Å². The summed E-state index contributed by atoms with van der Waals surface area (Å²) in [4.78, 5) is 0. The van der Waals surface area contributed by atoms with E-state index in [2.05, 4.69) is 30.2 Å². The molecular weight excluding hydrogens is 198 g/mol. The molecule has 0 saturated heterocycles. The molecule has 86 valence electrons. The molecule has 0 spiro atoms. The lowest BCUT2D eigenvalue weighted by Crippen LogP contribution is -1.99. The molecule has 0 aliphatic carbocycles. The molecule has 0 atom stereocenters. The number of unbranched alkanes of at least 4 members (excludes halogenated alkanes) is 1. The Kier molecular flexibility index (Phi) is 3.25. The Balaban J connectivity index is 2.37. The average molecular weight is 217 g/mol. The Morgan fingerprint density at radius 2 is 2.12 bits per heavy atom. The predicted molar refractivity (Wildman–Crippen MR) is 67.4 cm³/mol. The second-order valence-corrected chi connectivity index (χ2v) is 4.27. The van der Waals surface area contributed by atoms with Crippen molar-refractivity contribution in [3.8, 4) is 0 Å². The molecule has 1 aromatic heterocycles. The van der Waals surface area contributed by atoms with Gasteiger partial charge in [-0.15, -0.1) is 0 Å². The van der Waals surface area contributed by atoms with Gasteiger partial charge in [-0.25, -0.2) is 0 Å². The minimum Gasteiger partial charge on any atom is -0.330 e. The van der Waals surface area contributed by atoms with E-state index >= 15 is 0 Å². The topological polar surface area (TPSA) is 43.8 Å². The van der Waals surface area contributed by atoms with Crippen molar-refractivity contribution in [1.82, 2.24) is 9.78 Å². The highest BCUT2D eigenvalue weighted by atomic mass is 15.3. The number of fused-ring (bicyclic) bond motifs is 1. The summed E-state index contributed by atoms with van der Waals surface area (Å²) >= 11 is 0. The molecule has 0 saturated carbocycles. The smallest absolute Gasteiger partial charge is 0.0684 e. The van der Waals surface area contributed by atoms with Crippen molar-refractivity contribution >= 4 is 10.9 Å². The second kappa shape index (κ2) is 4.66. The van der Waals surface area contributed by atoms with Crippen molar-refractivity contribution in [3.63, 3.8) is 0 Å². The number of hydrogen-bond acceptors (Lipinski definition) is 2. The lowest BCUT2D eigenvalue weighted by atomic mass is 10.0. The van der Waals surface area contributed by atoms with Crippen molar-refractivity contribution in [3.05, 3.63) is 29.5 Å². The first-order valence-corrected chi connectivity index (χ1v) is 5.85. The van der Waals surface area contributed by atoms with Crippen molar-refractivity contribution in [2.45, 2.75) is 26.2 Å². The third-order valence-electron chi connectivity index (χ3n) is 3.04. The van der Waals surface area contributed by atoms with Gasteiger partial charge in [0, 0.05) is 12.4 Å². The van der Waals surface area contributed by atoms with E-state index < -0.39 is 0 Å². The van der Waals surface area contributed by atoms with Crippen molar-refractivity contribution < 1.29 is 0 Å². The third kappa shape index (κ3) is 1.95. The van der Waals surface area contributed by atoms with Crippen LogP contribution in [0.5, 0.6) is 0 Å². The van der Waals surface area contributed by atoms with Crippen LogP contribution >= 0.6 is 0 Å². The SMILES string of the molecule is Cc1nn(C)c2cccc(CCCCN)c12. The highest BCUT2D eigenvalue weighted by Crippen LogP contribution is 2.23. The van der Waals surface area contributed by atoms with Crippen molar-refractivity contribution in [2.24, 2.45) is 12.8 Å². The van der Waals surface area contributed by atoms with Gasteiger partial charge in [0.25, 0.3) is 0 Å². The maximum Gasteiger partial charge on any atom is 0.0684 e. The molecule has 0 aliphatic heterocycles. The van der Waals surface area contributed by atoms with Gasteiger partial charge in [0.15, 0.2) is 0 Å². The van der Waals surface area contributed by atoms with Crippen LogP contribution in [-0.4, -0.2) is 16.3 Å². The quantitative estimate of drug-likeness (QED) is 0.798. The first kappa shape index (κ1) is 11.1. The number of hydrogen-bond donors (Lipinski definition) is 1. The number of nitrogens with two attached hydrogens (primary N) is 1. The van der Waals surface area contributed by atoms with E-state index in [1.807, 2.05) is 11.7 Å². The molecular formula is C13H19N3. The van der Waals surface area contributed by atoms with E-state index in [1.54, 1.807) is 0 Å². The van der Waals surface area contributed by atoms with Gasteiger partial charge in [-0.1, -0.05) is 12.1 Å². The Morgan fingerprint density at radius 3 is 2.88 bits per heavy atom. The van der Waals surface area contributed by atoms with Crippen LogP contribution in [0.2, 0.25) is 0 Å². The fourth-order valence-corrected chi connectivity index (χ4v) is 2.27. The standard InChI is InChI=1S/C13H19N3/c1-10-13-11(6-3-4-9-14)7-5-8-12(13)16(2)15-10/h5,7-8H,3-4,6,9,14H2,1-2H3. The normalized spacial score (nSPS) is 11.2. The van der Waals surface area contributed by atoms with Gasteiger partial charge in [-0.05, 0) is 44.4 Å². The minimum absolute atomic E-state index is 0.780. The molecule has 2 N–H and O–H groups in total. The molecule has 0 unspecified atom stereocenters.